The summed E-state index contributed by atoms with van der Waals surface area (Å²) in [7, 11) is 1.64. The summed E-state index contributed by atoms with van der Waals surface area (Å²) in [5, 5.41) is 11.3. The highest BCUT2D eigenvalue weighted by molar-refractivity contribution is 5.39. The molecule has 1 heterocycles. The average Bonchev–Trinajstić information content (AvgIpc) is 2.86. The zero-order chi connectivity index (χ0) is 19.9. The van der Waals surface area contributed by atoms with Gasteiger partial charge in [0.1, 0.15) is 23.4 Å². The SMILES string of the molecule is COc1ccccc1C1CN(O)Cc2ccccc2O1.Cc1cccc(F)c1. The van der Waals surface area contributed by atoms with E-state index in [0.717, 1.165) is 28.2 Å². The maximum atomic E-state index is 12.2. The molecule has 0 spiro atoms. The number of rotatable bonds is 2. The summed E-state index contributed by atoms with van der Waals surface area (Å²) in [6.45, 7) is 2.72. The molecule has 1 N–H and O–H groups in total. The van der Waals surface area contributed by atoms with E-state index in [9.17, 15) is 9.60 Å². The van der Waals surface area contributed by atoms with Gasteiger partial charge in [-0.2, -0.15) is 5.06 Å². The van der Waals surface area contributed by atoms with E-state index in [1.54, 1.807) is 13.2 Å². The van der Waals surface area contributed by atoms with Crippen molar-refractivity contribution in [1.82, 2.24) is 5.06 Å². The molecular weight excluding hydrogens is 357 g/mol. The summed E-state index contributed by atoms with van der Waals surface area (Å²) in [6.07, 6.45) is -0.264. The minimum absolute atomic E-state index is 0.162. The van der Waals surface area contributed by atoms with Gasteiger partial charge in [0.15, 0.2) is 0 Å². The summed E-state index contributed by atoms with van der Waals surface area (Å²) < 4.78 is 23.6. The molecule has 0 bridgehead atoms. The third-order valence-corrected chi connectivity index (χ3v) is 4.44. The third-order valence-electron chi connectivity index (χ3n) is 4.44. The lowest BCUT2D eigenvalue weighted by molar-refractivity contribution is -0.112. The number of nitrogens with zero attached hydrogens (tertiary/aromatic N) is 1. The zero-order valence-electron chi connectivity index (χ0n) is 16.0. The summed E-state index contributed by atoms with van der Waals surface area (Å²) in [4.78, 5) is 0. The first kappa shape index (κ1) is 19.9. The van der Waals surface area contributed by atoms with Crippen molar-refractivity contribution in [1.29, 1.82) is 0 Å². The Morgan fingerprint density at radius 1 is 1.04 bits per heavy atom. The Hall–Kier alpha value is -2.89. The zero-order valence-corrected chi connectivity index (χ0v) is 16.0. The second-order valence-corrected chi connectivity index (χ2v) is 6.60. The molecule has 1 aliphatic heterocycles. The Kier molecular flexibility index (Phi) is 6.63. The predicted molar refractivity (Wildman–Crippen MR) is 106 cm³/mol. The number of hydrogen-bond acceptors (Lipinski definition) is 4. The molecule has 0 aromatic heterocycles. The van der Waals surface area contributed by atoms with Gasteiger partial charge < -0.3 is 14.7 Å². The minimum Gasteiger partial charge on any atom is -0.496 e. The molecule has 28 heavy (non-hydrogen) atoms. The van der Waals surface area contributed by atoms with Crippen LogP contribution >= 0.6 is 0 Å². The van der Waals surface area contributed by atoms with Crippen molar-refractivity contribution in [2.45, 2.75) is 19.6 Å². The van der Waals surface area contributed by atoms with Gasteiger partial charge in [-0.25, -0.2) is 4.39 Å². The van der Waals surface area contributed by atoms with Crippen LogP contribution in [-0.4, -0.2) is 23.9 Å². The first-order valence-corrected chi connectivity index (χ1v) is 9.10. The van der Waals surface area contributed by atoms with E-state index in [1.807, 2.05) is 61.5 Å². The van der Waals surface area contributed by atoms with Gasteiger partial charge in [0.05, 0.1) is 20.2 Å². The van der Waals surface area contributed by atoms with E-state index in [-0.39, 0.29) is 11.9 Å². The number of methoxy groups -OCH3 is 1. The van der Waals surface area contributed by atoms with Gasteiger partial charge in [-0.1, -0.05) is 48.5 Å². The molecule has 0 amide bonds. The van der Waals surface area contributed by atoms with Crippen molar-refractivity contribution in [2.24, 2.45) is 0 Å². The Morgan fingerprint density at radius 2 is 1.79 bits per heavy atom. The summed E-state index contributed by atoms with van der Waals surface area (Å²) >= 11 is 0. The van der Waals surface area contributed by atoms with E-state index in [4.69, 9.17) is 9.47 Å². The lowest BCUT2D eigenvalue weighted by Gasteiger charge is -2.21. The topological polar surface area (TPSA) is 41.9 Å². The predicted octanol–water partition coefficient (Wildman–Crippen LogP) is 5.15. The summed E-state index contributed by atoms with van der Waals surface area (Å²) in [6, 6.07) is 22.0. The smallest absolute Gasteiger partial charge is 0.142 e. The maximum Gasteiger partial charge on any atom is 0.142 e. The van der Waals surface area contributed by atoms with Crippen molar-refractivity contribution in [3.05, 3.63) is 95.3 Å². The van der Waals surface area contributed by atoms with Crippen LogP contribution in [-0.2, 0) is 6.54 Å². The standard InChI is InChI=1S/C16H17NO3.C7H7F/c1-19-15-9-5-3-7-13(15)16-11-17(18)10-12-6-2-4-8-14(12)20-16;1-6-3-2-4-7(8)5-6/h2-9,16,18H,10-11H2,1H3;2-5H,1H3. The second-order valence-electron chi connectivity index (χ2n) is 6.60. The van der Waals surface area contributed by atoms with Crippen LogP contribution in [0.2, 0.25) is 0 Å². The van der Waals surface area contributed by atoms with Crippen LogP contribution in [0.25, 0.3) is 0 Å². The average molecular weight is 381 g/mol. The molecule has 4 nitrogen and oxygen atoms in total. The first-order chi connectivity index (χ1) is 13.6. The molecule has 0 saturated carbocycles. The number of para-hydroxylation sites is 2. The number of aryl methyl sites for hydroxylation is 1. The van der Waals surface area contributed by atoms with Gasteiger partial charge in [-0.15, -0.1) is 0 Å². The minimum atomic E-state index is -0.264. The number of hydrogen-bond donors (Lipinski definition) is 1. The van der Waals surface area contributed by atoms with Gasteiger partial charge in [-0.05, 0) is 36.8 Å². The molecule has 146 valence electrons. The summed E-state index contributed by atoms with van der Waals surface area (Å²) in [5.74, 6) is 1.41. The van der Waals surface area contributed by atoms with Crippen molar-refractivity contribution >= 4 is 0 Å². The molecule has 0 saturated heterocycles. The van der Waals surface area contributed by atoms with Crippen molar-refractivity contribution < 1.29 is 19.1 Å². The van der Waals surface area contributed by atoms with Gasteiger partial charge in [-0.3, -0.25) is 0 Å². The highest BCUT2D eigenvalue weighted by Gasteiger charge is 2.25. The van der Waals surface area contributed by atoms with Crippen LogP contribution in [0.3, 0.4) is 0 Å². The Balaban J connectivity index is 0.000000236. The Labute approximate surface area is 164 Å². The number of ether oxygens (including phenoxy) is 2. The fourth-order valence-corrected chi connectivity index (χ4v) is 3.09. The fourth-order valence-electron chi connectivity index (χ4n) is 3.09. The molecular formula is C23H24FNO3. The van der Waals surface area contributed by atoms with E-state index in [2.05, 4.69) is 0 Å². The molecule has 4 rings (SSSR count). The number of halogens is 1. The van der Waals surface area contributed by atoms with E-state index >= 15 is 0 Å². The van der Waals surface area contributed by atoms with Crippen LogP contribution in [0.4, 0.5) is 4.39 Å². The Morgan fingerprint density at radius 3 is 2.50 bits per heavy atom. The van der Waals surface area contributed by atoms with Crippen LogP contribution in [0.5, 0.6) is 11.5 Å². The number of hydroxylamine groups is 2. The lowest BCUT2D eigenvalue weighted by atomic mass is 10.1. The molecule has 1 atom stereocenters. The maximum absolute atomic E-state index is 12.2. The van der Waals surface area contributed by atoms with Crippen molar-refractivity contribution in [3.8, 4) is 11.5 Å². The summed E-state index contributed by atoms with van der Waals surface area (Å²) in [5.41, 5.74) is 2.88. The molecule has 0 fully saturated rings. The molecule has 0 aliphatic carbocycles. The van der Waals surface area contributed by atoms with Crippen LogP contribution in [0.15, 0.2) is 72.8 Å². The highest BCUT2D eigenvalue weighted by Crippen LogP contribution is 2.34. The lowest BCUT2D eigenvalue weighted by Crippen LogP contribution is -2.25. The highest BCUT2D eigenvalue weighted by atomic mass is 19.1. The van der Waals surface area contributed by atoms with Gasteiger partial charge >= 0.3 is 0 Å². The molecule has 5 heteroatoms. The molecule has 1 aliphatic rings. The van der Waals surface area contributed by atoms with Gasteiger partial charge in [0.2, 0.25) is 0 Å². The molecule has 1 unspecified atom stereocenters. The molecule has 0 radical (unpaired) electrons. The Bertz CT molecular complexity index is 898. The normalized spacial score (nSPS) is 16.1. The molecule has 3 aromatic carbocycles. The largest absolute Gasteiger partial charge is 0.496 e. The second kappa shape index (κ2) is 9.35. The van der Waals surface area contributed by atoms with Crippen molar-refractivity contribution in [3.63, 3.8) is 0 Å². The molecule has 3 aromatic rings. The third kappa shape index (κ3) is 5.09. The van der Waals surface area contributed by atoms with Crippen molar-refractivity contribution in [2.75, 3.05) is 13.7 Å². The van der Waals surface area contributed by atoms with Gasteiger partial charge in [0.25, 0.3) is 0 Å². The number of fused-ring (bicyclic) bond motifs is 1. The van der Waals surface area contributed by atoms with Crippen LogP contribution in [0, 0.1) is 12.7 Å². The van der Waals surface area contributed by atoms with E-state index in [0.29, 0.717) is 13.1 Å². The van der Waals surface area contributed by atoms with Crippen LogP contribution in [0.1, 0.15) is 22.8 Å². The quantitative estimate of drug-likeness (QED) is 0.666. The fraction of sp³-hybridized carbons (Fsp3) is 0.217. The van der Waals surface area contributed by atoms with E-state index in [1.165, 1.54) is 17.2 Å². The number of benzene rings is 3. The van der Waals surface area contributed by atoms with Crippen LogP contribution < -0.4 is 9.47 Å². The van der Waals surface area contributed by atoms with Gasteiger partial charge in [0, 0.05) is 11.1 Å². The first-order valence-electron chi connectivity index (χ1n) is 9.10. The van der Waals surface area contributed by atoms with E-state index < -0.39 is 0 Å². The monoisotopic (exact) mass is 381 g/mol.